The summed E-state index contributed by atoms with van der Waals surface area (Å²) < 4.78 is 1.85. The van der Waals surface area contributed by atoms with E-state index < -0.39 is 0 Å². The van der Waals surface area contributed by atoms with Gasteiger partial charge in [0.25, 0.3) is 0 Å². The Balaban J connectivity index is 1.74. The number of aryl methyl sites for hydroxylation is 2. The van der Waals surface area contributed by atoms with E-state index in [9.17, 15) is 4.79 Å². The molecular formula is C15H21N3OS. The fraction of sp³-hybridized carbons (Fsp3) is 0.467. The van der Waals surface area contributed by atoms with Gasteiger partial charge in [0.1, 0.15) is 0 Å². The topological polar surface area (TPSA) is 46.9 Å². The predicted molar refractivity (Wildman–Crippen MR) is 82.1 cm³/mol. The van der Waals surface area contributed by atoms with Crippen LogP contribution in [0.15, 0.2) is 23.7 Å². The van der Waals surface area contributed by atoms with Crippen LogP contribution in [0.25, 0.3) is 0 Å². The molecule has 0 aromatic carbocycles. The highest BCUT2D eigenvalue weighted by molar-refractivity contribution is 7.10. The van der Waals surface area contributed by atoms with Crippen LogP contribution >= 0.6 is 11.3 Å². The van der Waals surface area contributed by atoms with Gasteiger partial charge in [-0.3, -0.25) is 9.48 Å². The second-order valence-electron chi connectivity index (χ2n) is 5.12. The predicted octanol–water partition coefficient (Wildman–Crippen LogP) is 2.87. The van der Waals surface area contributed by atoms with Gasteiger partial charge in [-0.05, 0) is 50.3 Å². The normalized spacial score (nSPS) is 12.3. The first-order valence-electron chi connectivity index (χ1n) is 6.87. The molecule has 0 aliphatic rings. The third kappa shape index (κ3) is 3.93. The molecule has 2 heterocycles. The summed E-state index contributed by atoms with van der Waals surface area (Å²) in [5.74, 6) is 0.0832. The van der Waals surface area contributed by atoms with E-state index in [2.05, 4.69) is 28.8 Å². The van der Waals surface area contributed by atoms with Crippen molar-refractivity contribution in [3.8, 4) is 0 Å². The molecule has 20 heavy (non-hydrogen) atoms. The maximum absolute atomic E-state index is 11.9. The zero-order valence-electron chi connectivity index (χ0n) is 12.2. The summed E-state index contributed by atoms with van der Waals surface area (Å²) in [5, 5.41) is 9.41. The molecule has 0 fully saturated rings. The Labute approximate surface area is 123 Å². The van der Waals surface area contributed by atoms with Gasteiger partial charge in [-0.2, -0.15) is 5.10 Å². The Bertz CT molecular complexity index is 573. The van der Waals surface area contributed by atoms with E-state index in [1.165, 1.54) is 10.4 Å². The summed E-state index contributed by atoms with van der Waals surface area (Å²) in [6, 6.07) is 4.16. The zero-order valence-corrected chi connectivity index (χ0v) is 13.0. The van der Waals surface area contributed by atoms with Crippen molar-refractivity contribution >= 4 is 17.2 Å². The molecule has 0 saturated heterocycles. The number of carbonyl (C=O) groups excluding carboxylic acids is 1. The third-order valence-corrected chi connectivity index (χ3v) is 4.40. The monoisotopic (exact) mass is 291 g/mol. The fourth-order valence-electron chi connectivity index (χ4n) is 2.09. The number of carbonyl (C=O) groups is 1. The van der Waals surface area contributed by atoms with E-state index >= 15 is 0 Å². The standard InChI is InChI=1S/C15H21N3OS/c1-11-6-9-20-14(11)4-7-16-15(19)10-13(3)18-8-5-12(2)17-18/h5-6,8-9,13H,4,7,10H2,1-3H3,(H,16,19). The van der Waals surface area contributed by atoms with Crippen LogP contribution in [-0.4, -0.2) is 22.2 Å². The molecule has 1 amide bonds. The summed E-state index contributed by atoms with van der Waals surface area (Å²) in [4.78, 5) is 13.2. The van der Waals surface area contributed by atoms with Gasteiger partial charge in [-0.15, -0.1) is 11.3 Å². The van der Waals surface area contributed by atoms with Gasteiger partial charge >= 0.3 is 0 Å². The molecule has 1 atom stereocenters. The first-order valence-corrected chi connectivity index (χ1v) is 7.75. The Morgan fingerprint density at radius 1 is 1.45 bits per heavy atom. The number of aromatic nitrogens is 2. The molecule has 2 aromatic heterocycles. The molecule has 0 aliphatic carbocycles. The van der Waals surface area contributed by atoms with Gasteiger partial charge in [0.15, 0.2) is 0 Å². The van der Waals surface area contributed by atoms with Crippen LogP contribution in [0, 0.1) is 13.8 Å². The van der Waals surface area contributed by atoms with Gasteiger partial charge in [0, 0.05) is 24.0 Å². The fourth-order valence-corrected chi connectivity index (χ4v) is 3.00. The van der Waals surface area contributed by atoms with Crippen molar-refractivity contribution < 1.29 is 4.79 Å². The van der Waals surface area contributed by atoms with Crippen molar-refractivity contribution in [2.75, 3.05) is 6.54 Å². The number of thiophene rings is 1. The van der Waals surface area contributed by atoms with Crippen molar-refractivity contribution in [3.05, 3.63) is 39.8 Å². The lowest BCUT2D eigenvalue weighted by Crippen LogP contribution is -2.27. The summed E-state index contributed by atoms with van der Waals surface area (Å²) in [6.07, 6.45) is 3.29. The molecule has 1 unspecified atom stereocenters. The van der Waals surface area contributed by atoms with Crippen LogP contribution in [0.3, 0.4) is 0 Å². The van der Waals surface area contributed by atoms with Crippen LogP contribution in [0.5, 0.6) is 0 Å². The lowest BCUT2D eigenvalue weighted by atomic mass is 10.2. The Hall–Kier alpha value is -1.62. The number of nitrogens with zero attached hydrogens (tertiary/aromatic N) is 2. The van der Waals surface area contributed by atoms with E-state index in [1.54, 1.807) is 11.3 Å². The highest BCUT2D eigenvalue weighted by Crippen LogP contribution is 2.15. The quantitative estimate of drug-likeness (QED) is 0.889. The van der Waals surface area contributed by atoms with E-state index in [-0.39, 0.29) is 11.9 Å². The minimum atomic E-state index is 0.0832. The Morgan fingerprint density at radius 2 is 2.25 bits per heavy atom. The van der Waals surface area contributed by atoms with Crippen molar-refractivity contribution in [1.29, 1.82) is 0 Å². The van der Waals surface area contributed by atoms with Gasteiger partial charge < -0.3 is 5.32 Å². The maximum Gasteiger partial charge on any atom is 0.222 e. The average Bonchev–Trinajstić information content (AvgIpc) is 2.99. The second kappa shape index (κ2) is 6.70. The first-order chi connectivity index (χ1) is 9.56. The van der Waals surface area contributed by atoms with Crippen LogP contribution in [0.1, 0.15) is 35.5 Å². The smallest absolute Gasteiger partial charge is 0.222 e. The highest BCUT2D eigenvalue weighted by Gasteiger charge is 2.11. The summed E-state index contributed by atoms with van der Waals surface area (Å²) in [6.45, 7) is 6.77. The van der Waals surface area contributed by atoms with Gasteiger partial charge in [0.05, 0.1) is 11.7 Å². The van der Waals surface area contributed by atoms with E-state index in [4.69, 9.17) is 0 Å². The van der Waals surface area contributed by atoms with Crippen LogP contribution in [0.2, 0.25) is 0 Å². The van der Waals surface area contributed by atoms with Crippen molar-refractivity contribution in [2.24, 2.45) is 0 Å². The molecule has 5 heteroatoms. The lowest BCUT2D eigenvalue weighted by Gasteiger charge is -2.12. The summed E-state index contributed by atoms with van der Waals surface area (Å²) in [5.41, 5.74) is 2.29. The molecule has 2 rings (SSSR count). The average molecular weight is 291 g/mol. The minimum Gasteiger partial charge on any atom is -0.356 e. The summed E-state index contributed by atoms with van der Waals surface area (Å²) >= 11 is 1.75. The number of rotatable bonds is 6. The summed E-state index contributed by atoms with van der Waals surface area (Å²) in [7, 11) is 0. The van der Waals surface area contributed by atoms with Crippen LogP contribution < -0.4 is 5.32 Å². The third-order valence-electron chi connectivity index (χ3n) is 3.32. The molecule has 0 radical (unpaired) electrons. The van der Waals surface area contributed by atoms with Crippen LogP contribution in [-0.2, 0) is 11.2 Å². The van der Waals surface area contributed by atoms with E-state index in [1.807, 2.05) is 30.8 Å². The molecular weight excluding hydrogens is 270 g/mol. The van der Waals surface area contributed by atoms with E-state index in [0.717, 1.165) is 12.1 Å². The van der Waals surface area contributed by atoms with Crippen molar-refractivity contribution in [2.45, 2.75) is 39.7 Å². The lowest BCUT2D eigenvalue weighted by molar-refractivity contribution is -0.121. The molecule has 0 aliphatic heterocycles. The molecule has 4 nitrogen and oxygen atoms in total. The van der Waals surface area contributed by atoms with Gasteiger partial charge in [0.2, 0.25) is 5.91 Å². The van der Waals surface area contributed by atoms with Crippen molar-refractivity contribution in [3.63, 3.8) is 0 Å². The molecule has 0 spiro atoms. The largest absolute Gasteiger partial charge is 0.356 e. The number of hydrogen-bond donors (Lipinski definition) is 1. The van der Waals surface area contributed by atoms with Crippen LogP contribution in [0.4, 0.5) is 0 Å². The molecule has 0 saturated carbocycles. The second-order valence-corrected chi connectivity index (χ2v) is 6.12. The number of hydrogen-bond acceptors (Lipinski definition) is 3. The zero-order chi connectivity index (χ0) is 14.5. The van der Waals surface area contributed by atoms with E-state index in [0.29, 0.717) is 13.0 Å². The SMILES string of the molecule is Cc1ccn(C(C)CC(=O)NCCc2sccc2C)n1. The number of nitrogens with one attached hydrogen (secondary N) is 1. The molecule has 108 valence electrons. The maximum atomic E-state index is 11.9. The minimum absolute atomic E-state index is 0.0832. The first kappa shape index (κ1) is 14.8. The molecule has 2 aromatic rings. The molecule has 0 bridgehead atoms. The van der Waals surface area contributed by atoms with Gasteiger partial charge in [-0.1, -0.05) is 0 Å². The Morgan fingerprint density at radius 3 is 2.85 bits per heavy atom. The number of amides is 1. The molecule has 1 N–H and O–H groups in total. The highest BCUT2D eigenvalue weighted by atomic mass is 32.1. The Kier molecular flexibility index (Phi) is 4.95. The van der Waals surface area contributed by atoms with Gasteiger partial charge in [-0.25, -0.2) is 0 Å². The van der Waals surface area contributed by atoms with Crippen molar-refractivity contribution in [1.82, 2.24) is 15.1 Å².